The van der Waals surface area contributed by atoms with Gasteiger partial charge < -0.3 is 14.6 Å². The normalized spacial score (nSPS) is 17.0. The predicted octanol–water partition coefficient (Wildman–Crippen LogP) is 3.79. The van der Waals surface area contributed by atoms with Crippen molar-refractivity contribution in [3.8, 4) is 11.4 Å². The summed E-state index contributed by atoms with van der Waals surface area (Å²) in [6, 6.07) is 12.1. The predicted molar refractivity (Wildman–Crippen MR) is 113 cm³/mol. The summed E-state index contributed by atoms with van der Waals surface area (Å²) in [5, 5.41) is 0. The molecule has 0 amide bonds. The standard InChI is InChI=1S/C21H21BrN4O2/c1-13-14(2)24-20(25-21(13)27)16-5-8-19(23-11-16)26-9-10-28-18(12-26)15-3-6-17(22)7-4-15/h3-8,11,18H,9-10,12H2,1-2H3,(H,24,25,27). The zero-order valence-corrected chi connectivity index (χ0v) is 17.4. The molecule has 2 aromatic heterocycles. The monoisotopic (exact) mass is 440 g/mol. The van der Waals surface area contributed by atoms with Crippen molar-refractivity contribution in [3.63, 3.8) is 0 Å². The highest BCUT2D eigenvalue weighted by Crippen LogP contribution is 2.27. The van der Waals surface area contributed by atoms with Crippen molar-refractivity contribution < 1.29 is 4.74 Å². The van der Waals surface area contributed by atoms with Crippen molar-refractivity contribution in [2.45, 2.75) is 20.0 Å². The third-order valence-corrected chi connectivity index (χ3v) is 5.58. The number of ether oxygens (including phenoxy) is 1. The number of rotatable bonds is 3. The minimum atomic E-state index is -0.114. The molecule has 4 rings (SSSR count). The smallest absolute Gasteiger partial charge is 0.254 e. The number of nitrogens with zero attached hydrogens (tertiary/aromatic N) is 3. The van der Waals surface area contributed by atoms with Gasteiger partial charge in [0.2, 0.25) is 0 Å². The highest BCUT2D eigenvalue weighted by molar-refractivity contribution is 9.10. The van der Waals surface area contributed by atoms with Crippen molar-refractivity contribution in [3.05, 3.63) is 74.2 Å². The summed E-state index contributed by atoms with van der Waals surface area (Å²) in [6.45, 7) is 5.79. The number of morpholine rings is 1. The molecule has 6 nitrogen and oxygen atoms in total. The number of aromatic amines is 1. The minimum Gasteiger partial charge on any atom is -0.370 e. The Balaban J connectivity index is 1.53. The molecule has 1 atom stereocenters. The maximum atomic E-state index is 12.0. The molecule has 1 aliphatic rings. The van der Waals surface area contributed by atoms with Crippen LogP contribution in [-0.2, 0) is 4.74 Å². The van der Waals surface area contributed by atoms with Gasteiger partial charge in [-0.15, -0.1) is 0 Å². The fraction of sp³-hybridized carbons (Fsp3) is 0.286. The lowest BCUT2D eigenvalue weighted by Crippen LogP contribution is -2.38. The van der Waals surface area contributed by atoms with E-state index in [1.165, 1.54) is 0 Å². The number of H-pyrrole nitrogens is 1. The molecule has 7 heteroatoms. The number of benzene rings is 1. The fourth-order valence-corrected chi connectivity index (χ4v) is 3.50. The fourth-order valence-electron chi connectivity index (χ4n) is 3.23. The van der Waals surface area contributed by atoms with Crippen LogP contribution in [0.25, 0.3) is 11.4 Å². The van der Waals surface area contributed by atoms with Crippen LogP contribution in [0.4, 0.5) is 5.82 Å². The Kier molecular flexibility index (Phi) is 5.28. The molecule has 3 aromatic rings. The summed E-state index contributed by atoms with van der Waals surface area (Å²) in [7, 11) is 0. The molecule has 0 bridgehead atoms. The number of hydrogen-bond donors (Lipinski definition) is 1. The van der Waals surface area contributed by atoms with Gasteiger partial charge in [-0.25, -0.2) is 9.97 Å². The number of pyridine rings is 1. The number of aryl methyl sites for hydroxylation is 1. The average molecular weight is 441 g/mol. The van der Waals surface area contributed by atoms with E-state index in [-0.39, 0.29) is 11.7 Å². The van der Waals surface area contributed by atoms with E-state index in [1.807, 2.05) is 31.2 Å². The van der Waals surface area contributed by atoms with E-state index in [0.29, 0.717) is 18.0 Å². The lowest BCUT2D eigenvalue weighted by molar-refractivity contribution is 0.0395. The van der Waals surface area contributed by atoms with Crippen LogP contribution < -0.4 is 10.5 Å². The number of anilines is 1. The average Bonchev–Trinajstić information content (AvgIpc) is 2.72. The van der Waals surface area contributed by atoms with Gasteiger partial charge in [-0.1, -0.05) is 28.1 Å². The molecular formula is C21H21BrN4O2. The van der Waals surface area contributed by atoms with Gasteiger partial charge in [0.25, 0.3) is 5.56 Å². The van der Waals surface area contributed by atoms with Crippen LogP contribution >= 0.6 is 15.9 Å². The van der Waals surface area contributed by atoms with E-state index in [0.717, 1.165) is 40.2 Å². The van der Waals surface area contributed by atoms with Crippen LogP contribution in [0.5, 0.6) is 0 Å². The molecule has 0 spiro atoms. The minimum absolute atomic E-state index is 0.0149. The molecule has 1 aliphatic heterocycles. The summed E-state index contributed by atoms with van der Waals surface area (Å²) in [5.74, 6) is 1.43. The Labute approximate surface area is 171 Å². The third-order valence-electron chi connectivity index (χ3n) is 5.05. The van der Waals surface area contributed by atoms with E-state index in [1.54, 1.807) is 13.1 Å². The first-order valence-electron chi connectivity index (χ1n) is 9.17. The molecule has 0 aliphatic carbocycles. The summed E-state index contributed by atoms with van der Waals surface area (Å²) >= 11 is 3.47. The van der Waals surface area contributed by atoms with Gasteiger partial charge in [0.15, 0.2) is 0 Å². The molecule has 1 unspecified atom stereocenters. The third kappa shape index (κ3) is 3.86. The number of aromatic nitrogens is 3. The molecule has 3 heterocycles. The molecule has 144 valence electrons. The maximum Gasteiger partial charge on any atom is 0.254 e. The Bertz CT molecular complexity index is 1030. The second kappa shape index (κ2) is 7.85. The molecule has 28 heavy (non-hydrogen) atoms. The van der Waals surface area contributed by atoms with Gasteiger partial charge in [0.05, 0.1) is 6.61 Å². The summed E-state index contributed by atoms with van der Waals surface area (Å²) < 4.78 is 7.01. The molecule has 1 fully saturated rings. The van der Waals surface area contributed by atoms with Gasteiger partial charge in [-0.3, -0.25) is 4.79 Å². The molecule has 0 saturated carbocycles. The van der Waals surface area contributed by atoms with Crippen molar-refractivity contribution in [1.82, 2.24) is 15.0 Å². The highest BCUT2D eigenvalue weighted by atomic mass is 79.9. The molecule has 1 N–H and O–H groups in total. The van der Waals surface area contributed by atoms with Crippen LogP contribution in [-0.4, -0.2) is 34.6 Å². The zero-order valence-electron chi connectivity index (χ0n) is 15.8. The summed E-state index contributed by atoms with van der Waals surface area (Å²) in [6.07, 6.45) is 1.77. The van der Waals surface area contributed by atoms with Gasteiger partial charge in [-0.05, 0) is 43.7 Å². The van der Waals surface area contributed by atoms with E-state index < -0.39 is 0 Å². The topological polar surface area (TPSA) is 71.1 Å². The van der Waals surface area contributed by atoms with Crippen molar-refractivity contribution in [2.75, 3.05) is 24.6 Å². The van der Waals surface area contributed by atoms with Crippen LogP contribution in [0, 0.1) is 13.8 Å². The van der Waals surface area contributed by atoms with E-state index in [9.17, 15) is 4.79 Å². The SMILES string of the molecule is Cc1nc(-c2ccc(N3CCOC(c4ccc(Br)cc4)C3)nc2)[nH]c(=O)c1C. The zero-order chi connectivity index (χ0) is 19.7. The van der Waals surface area contributed by atoms with E-state index in [2.05, 4.69) is 47.9 Å². The number of halogens is 1. The quantitative estimate of drug-likeness (QED) is 0.670. The van der Waals surface area contributed by atoms with Gasteiger partial charge in [0, 0.05) is 40.6 Å². The largest absolute Gasteiger partial charge is 0.370 e. The second-order valence-electron chi connectivity index (χ2n) is 6.89. The van der Waals surface area contributed by atoms with Crippen molar-refractivity contribution in [2.24, 2.45) is 0 Å². The lowest BCUT2D eigenvalue weighted by Gasteiger charge is -2.34. The van der Waals surface area contributed by atoms with Crippen LogP contribution in [0.2, 0.25) is 0 Å². The van der Waals surface area contributed by atoms with Crippen LogP contribution in [0.1, 0.15) is 22.9 Å². The molecular weight excluding hydrogens is 420 g/mol. The Morgan fingerprint density at radius 3 is 2.64 bits per heavy atom. The Morgan fingerprint density at radius 2 is 1.96 bits per heavy atom. The van der Waals surface area contributed by atoms with E-state index in [4.69, 9.17) is 4.74 Å². The molecule has 1 saturated heterocycles. The first-order chi connectivity index (χ1) is 13.5. The lowest BCUT2D eigenvalue weighted by atomic mass is 10.1. The highest BCUT2D eigenvalue weighted by Gasteiger charge is 2.23. The Morgan fingerprint density at radius 1 is 1.18 bits per heavy atom. The maximum absolute atomic E-state index is 12.0. The van der Waals surface area contributed by atoms with Gasteiger partial charge in [-0.2, -0.15) is 0 Å². The molecule has 0 radical (unpaired) electrons. The van der Waals surface area contributed by atoms with Crippen molar-refractivity contribution in [1.29, 1.82) is 0 Å². The summed E-state index contributed by atoms with van der Waals surface area (Å²) in [5.41, 5.74) is 3.20. The number of hydrogen-bond acceptors (Lipinski definition) is 5. The second-order valence-corrected chi connectivity index (χ2v) is 7.80. The van der Waals surface area contributed by atoms with E-state index >= 15 is 0 Å². The number of nitrogens with one attached hydrogen (secondary N) is 1. The first-order valence-corrected chi connectivity index (χ1v) is 9.96. The van der Waals surface area contributed by atoms with Gasteiger partial charge >= 0.3 is 0 Å². The molecule has 1 aromatic carbocycles. The van der Waals surface area contributed by atoms with Crippen molar-refractivity contribution >= 4 is 21.7 Å². The Hall–Kier alpha value is -2.51. The summed E-state index contributed by atoms with van der Waals surface area (Å²) in [4.78, 5) is 26.1. The first kappa shape index (κ1) is 18.8. The van der Waals surface area contributed by atoms with Gasteiger partial charge in [0.1, 0.15) is 17.7 Å². The van der Waals surface area contributed by atoms with Crippen LogP contribution in [0.3, 0.4) is 0 Å². The van der Waals surface area contributed by atoms with Crippen LogP contribution in [0.15, 0.2) is 51.9 Å².